The summed E-state index contributed by atoms with van der Waals surface area (Å²) in [6.45, 7) is 0.917. The van der Waals surface area contributed by atoms with E-state index in [0.717, 1.165) is 25.8 Å². The molecule has 2 heterocycles. The van der Waals surface area contributed by atoms with Crippen LogP contribution in [0.25, 0.3) is 0 Å². The van der Waals surface area contributed by atoms with Crippen LogP contribution in [0.15, 0.2) is 18.7 Å². The Labute approximate surface area is 94.7 Å². The van der Waals surface area contributed by atoms with E-state index in [0.29, 0.717) is 6.42 Å². The lowest BCUT2D eigenvalue weighted by molar-refractivity contribution is 0.133. The van der Waals surface area contributed by atoms with Crippen molar-refractivity contribution >= 4 is 6.03 Å². The summed E-state index contributed by atoms with van der Waals surface area (Å²) >= 11 is 0. The van der Waals surface area contributed by atoms with Crippen molar-refractivity contribution in [3.8, 4) is 0 Å². The summed E-state index contributed by atoms with van der Waals surface area (Å²) in [5, 5.41) is 8.99. The molecule has 5 heteroatoms. The van der Waals surface area contributed by atoms with E-state index in [9.17, 15) is 4.79 Å². The van der Waals surface area contributed by atoms with E-state index in [1.165, 1.54) is 10.9 Å². The number of carbonyl (C=O) groups excluding carboxylic acids is 1. The van der Waals surface area contributed by atoms with Gasteiger partial charge in [-0.05, 0) is 25.7 Å². The van der Waals surface area contributed by atoms with Crippen LogP contribution in [0.5, 0.6) is 0 Å². The minimum atomic E-state index is -0.0318. The highest BCUT2D eigenvalue weighted by Gasteiger charge is 2.26. The molecule has 1 aromatic heterocycles. The van der Waals surface area contributed by atoms with Gasteiger partial charge in [-0.25, -0.2) is 9.78 Å². The maximum Gasteiger partial charge on any atom is 0.329 e. The van der Waals surface area contributed by atoms with Crippen LogP contribution in [0.2, 0.25) is 0 Å². The summed E-state index contributed by atoms with van der Waals surface area (Å²) in [6.07, 6.45) is 8.62. The van der Waals surface area contributed by atoms with Crippen LogP contribution >= 0.6 is 0 Å². The Balaban J connectivity index is 2.08. The molecule has 1 fully saturated rings. The first kappa shape index (κ1) is 11.1. The van der Waals surface area contributed by atoms with Crippen LogP contribution in [0.1, 0.15) is 25.7 Å². The van der Waals surface area contributed by atoms with Crippen molar-refractivity contribution in [2.75, 3.05) is 13.2 Å². The van der Waals surface area contributed by atoms with Gasteiger partial charge in [0, 0.05) is 31.6 Å². The summed E-state index contributed by atoms with van der Waals surface area (Å²) < 4.78 is 1.50. The SMILES string of the molecule is O=C(N1CCCCC1CCO)n1ccnc1. The number of hydrogen-bond donors (Lipinski definition) is 1. The van der Waals surface area contributed by atoms with Gasteiger partial charge in [-0.15, -0.1) is 0 Å². The Morgan fingerprint density at radius 2 is 2.38 bits per heavy atom. The van der Waals surface area contributed by atoms with Crippen LogP contribution in [0.3, 0.4) is 0 Å². The van der Waals surface area contributed by atoms with Gasteiger partial charge in [-0.2, -0.15) is 0 Å². The van der Waals surface area contributed by atoms with Gasteiger partial charge in [0.05, 0.1) is 0 Å². The van der Waals surface area contributed by atoms with Crippen LogP contribution in [0.4, 0.5) is 4.79 Å². The van der Waals surface area contributed by atoms with Crippen LogP contribution in [-0.4, -0.2) is 44.8 Å². The fourth-order valence-electron chi connectivity index (χ4n) is 2.22. The summed E-state index contributed by atoms with van der Waals surface area (Å²) in [7, 11) is 0. The van der Waals surface area contributed by atoms with Crippen molar-refractivity contribution in [1.82, 2.24) is 14.5 Å². The molecular formula is C11H17N3O2. The normalized spacial score (nSPS) is 21.1. The Hall–Kier alpha value is -1.36. The molecule has 2 rings (SSSR count). The van der Waals surface area contributed by atoms with Crippen LogP contribution < -0.4 is 0 Å². The van der Waals surface area contributed by atoms with Gasteiger partial charge in [0.1, 0.15) is 6.33 Å². The number of imidazole rings is 1. The zero-order valence-corrected chi connectivity index (χ0v) is 9.25. The Bertz CT molecular complexity index is 335. The number of aliphatic hydroxyl groups is 1. The van der Waals surface area contributed by atoms with Crippen molar-refractivity contribution in [2.45, 2.75) is 31.7 Å². The van der Waals surface area contributed by atoms with E-state index in [4.69, 9.17) is 5.11 Å². The molecular weight excluding hydrogens is 206 g/mol. The molecule has 1 aromatic rings. The topological polar surface area (TPSA) is 58.4 Å². The molecule has 1 amide bonds. The van der Waals surface area contributed by atoms with Crippen LogP contribution in [0, 0.1) is 0 Å². The quantitative estimate of drug-likeness (QED) is 0.816. The minimum Gasteiger partial charge on any atom is -0.396 e. The first-order chi connectivity index (χ1) is 7.83. The van der Waals surface area contributed by atoms with Crippen molar-refractivity contribution in [2.24, 2.45) is 0 Å². The molecule has 1 saturated heterocycles. The predicted octanol–water partition coefficient (Wildman–Crippen LogP) is 1.09. The van der Waals surface area contributed by atoms with Crippen molar-refractivity contribution in [3.63, 3.8) is 0 Å². The summed E-state index contributed by atoms with van der Waals surface area (Å²) in [4.78, 5) is 17.8. The van der Waals surface area contributed by atoms with E-state index < -0.39 is 0 Å². The first-order valence-corrected chi connectivity index (χ1v) is 5.72. The van der Waals surface area contributed by atoms with Crippen molar-refractivity contribution < 1.29 is 9.90 Å². The highest BCUT2D eigenvalue weighted by atomic mass is 16.3. The average Bonchev–Trinajstić information content (AvgIpc) is 2.83. The van der Waals surface area contributed by atoms with Gasteiger partial charge in [-0.3, -0.25) is 4.57 Å². The fourth-order valence-corrected chi connectivity index (χ4v) is 2.22. The molecule has 0 radical (unpaired) electrons. The molecule has 0 bridgehead atoms. The van der Waals surface area contributed by atoms with Crippen LogP contribution in [-0.2, 0) is 0 Å². The van der Waals surface area contributed by atoms with E-state index in [-0.39, 0.29) is 18.7 Å². The molecule has 0 saturated carbocycles. The molecule has 1 N–H and O–H groups in total. The lowest BCUT2D eigenvalue weighted by Crippen LogP contribution is -2.45. The molecule has 0 spiro atoms. The summed E-state index contributed by atoms with van der Waals surface area (Å²) in [5.74, 6) is 0. The summed E-state index contributed by atoms with van der Waals surface area (Å²) in [6, 6.07) is 0.143. The Morgan fingerprint density at radius 3 is 3.06 bits per heavy atom. The first-order valence-electron chi connectivity index (χ1n) is 5.72. The van der Waals surface area contributed by atoms with Gasteiger partial charge in [-0.1, -0.05) is 0 Å². The zero-order valence-electron chi connectivity index (χ0n) is 9.25. The number of nitrogens with zero attached hydrogens (tertiary/aromatic N) is 3. The van der Waals surface area contributed by atoms with Gasteiger partial charge in [0.2, 0.25) is 0 Å². The van der Waals surface area contributed by atoms with Gasteiger partial charge in [0.15, 0.2) is 0 Å². The van der Waals surface area contributed by atoms with E-state index in [2.05, 4.69) is 4.98 Å². The second kappa shape index (κ2) is 5.12. The van der Waals surface area contributed by atoms with Crippen molar-refractivity contribution in [1.29, 1.82) is 0 Å². The average molecular weight is 223 g/mol. The van der Waals surface area contributed by atoms with Gasteiger partial charge >= 0.3 is 6.03 Å². The second-order valence-corrected chi connectivity index (χ2v) is 4.11. The fraction of sp³-hybridized carbons (Fsp3) is 0.636. The summed E-state index contributed by atoms with van der Waals surface area (Å²) in [5.41, 5.74) is 0. The van der Waals surface area contributed by atoms with E-state index in [1.807, 2.05) is 4.90 Å². The molecule has 1 unspecified atom stereocenters. The van der Waals surface area contributed by atoms with Crippen molar-refractivity contribution in [3.05, 3.63) is 18.7 Å². The lowest BCUT2D eigenvalue weighted by atomic mass is 10.0. The molecule has 1 aliphatic heterocycles. The highest BCUT2D eigenvalue weighted by molar-refractivity contribution is 5.77. The number of carbonyl (C=O) groups is 1. The number of piperidine rings is 1. The third-order valence-corrected chi connectivity index (χ3v) is 3.06. The number of aromatic nitrogens is 2. The minimum absolute atomic E-state index is 0.0318. The Kier molecular flexibility index (Phi) is 3.56. The van der Waals surface area contributed by atoms with E-state index >= 15 is 0 Å². The molecule has 16 heavy (non-hydrogen) atoms. The number of aliphatic hydroxyl groups excluding tert-OH is 1. The second-order valence-electron chi connectivity index (χ2n) is 4.11. The molecule has 0 aromatic carbocycles. The number of hydrogen-bond acceptors (Lipinski definition) is 3. The lowest BCUT2D eigenvalue weighted by Gasteiger charge is -2.35. The maximum absolute atomic E-state index is 12.1. The number of likely N-dealkylation sites (tertiary alicyclic amines) is 1. The number of amides is 1. The molecule has 1 atom stereocenters. The Morgan fingerprint density at radius 1 is 1.50 bits per heavy atom. The number of rotatable bonds is 2. The van der Waals surface area contributed by atoms with Gasteiger partial charge < -0.3 is 10.0 Å². The smallest absolute Gasteiger partial charge is 0.329 e. The largest absolute Gasteiger partial charge is 0.396 e. The molecule has 88 valence electrons. The third kappa shape index (κ3) is 2.24. The molecule has 0 aliphatic carbocycles. The highest BCUT2D eigenvalue weighted by Crippen LogP contribution is 2.20. The van der Waals surface area contributed by atoms with Gasteiger partial charge in [0.25, 0.3) is 0 Å². The maximum atomic E-state index is 12.1. The molecule has 5 nitrogen and oxygen atoms in total. The monoisotopic (exact) mass is 223 g/mol. The molecule has 1 aliphatic rings. The van der Waals surface area contributed by atoms with E-state index in [1.54, 1.807) is 12.4 Å². The third-order valence-electron chi connectivity index (χ3n) is 3.06. The predicted molar refractivity (Wildman–Crippen MR) is 59.1 cm³/mol. The standard InChI is InChI=1S/C11H17N3O2/c15-8-4-10-3-1-2-6-14(10)11(16)13-7-5-12-9-13/h5,7,9-10,15H,1-4,6,8H2. The zero-order chi connectivity index (χ0) is 11.4.